The number of carbonyl (C=O) groups excluding carboxylic acids is 1. The van der Waals surface area contributed by atoms with Crippen molar-refractivity contribution in [3.05, 3.63) is 53.7 Å². The lowest BCUT2D eigenvalue weighted by atomic mass is 10.2. The molecule has 2 N–H and O–H groups in total. The molecule has 0 aliphatic rings. The molecule has 0 aromatic carbocycles. The Morgan fingerprint density at radius 1 is 1.28 bits per heavy atom. The number of pyridine rings is 1. The zero-order valence-corrected chi connectivity index (χ0v) is 14.6. The fourth-order valence-electron chi connectivity index (χ4n) is 2.47. The van der Waals surface area contributed by atoms with Crippen molar-refractivity contribution >= 4 is 27.1 Å². The van der Waals surface area contributed by atoms with Crippen LogP contribution in [0.5, 0.6) is 0 Å². The molecule has 0 saturated heterocycles. The van der Waals surface area contributed by atoms with Crippen LogP contribution in [-0.2, 0) is 10.0 Å². The Balaban J connectivity index is 1.58. The fourth-order valence-corrected chi connectivity index (χ4v) is 3.43. The van der Waals surface area contributed by atoms with Crippen LogP contribution < -0.4 is 10.0 Å². The average molecular weight is 362 g/mol. The van der Waals surface area contributed by atoms with Crippen molar-refractivity contribution in [3.8, 4) is 0 Å². The molecule has 132 valence electrons. The smallest absolute Gasteiger partial charge is 0.254 e. The standard InChI is InChI=1S/C16H18N4O4S/c1-11-9-15(12(2)24-11)16(21)17-6-8-25(22,23)19-13-4-7-20-14(10-13)3-5-18-20/h3-5,7,9-10,19H,6,8H2,1-2H3,(H,17,21). The maximum atomic E-state index is 12.2. The Labute approximate surface area is 144 Å². The van der Waals surface area contributed by atoms with Gasteiger partial charge < -0.3 is 9.73 Å². The number of anilines is 1. The highest BCUT2D eigenvalue weighted by Gasteiger charge is 2.15. The van der Waals surface area contributed by atoms with Gasteiger partial charge in [-0.2, -0.15) is 5.10 Å². The van der Waals surface area contributed by atoms with E-state index >= 15 is 0 Å². The highest BCUT2D eigenvalue weighted by atomic mass is 32.2. The van der Waals surface area contributed by atoms with Crippen LogP contribution in [0.1, 0.15) is 21.9 Å². The van der Waals surface area contributed by atoms with Crippen molar-refractivity contribution < 1.29 is 17.6 Å². The lowest BCUT2D eigenvalue weighted by Crippen LogP contribution is -2.31. The largest absolute Gasteiger partial charge is 0.466 e. The SMILES string of the molecule is Cc1cc(C(=O)NCCS(=O)(=O)Nc2ccn3nccc3c2)c(C)o1. The van der Waals surface area contributed by atoms with Gasteiger partial charge in [0.2, 0.25) is 10.0 Å². The van der Waals surface area contributed by atoms with Gasteiger partial charge in [-0.15, -0.1) is 0 Å². The molecule has 0 aliphatic carbocycles. The van der Waals surface area contributed by atoms with E-state index in [2.05, 4.69) is 15.1 Å². The second-order valence-electron chi connectivity index (χ2n) is 5.62. The molecule has 9 heteroatoms. The monoisotopic (exact) mass is 362 g/mol. The molecule has 0 aliphatic heterocycles. The van der Waals surface area contributed by atoms with E-state index in [0.29, 0.717) is 22.8 Å². The molecule has 0 fully saturated rings. The van der Waals surface area contributed by atoms with Crippen LogP contribution in [0.3, 0.4) is 0 Å². The summed E-state index contributed by atoms with van der Waals surface area (Å²) in [5.41, 5.74) is 1.63. The van der Waals surface area contributed by atoms with Gasteiger partial charge in [-0.1, -0.05) is 0 Å². The third-order valence-electron chi connectivity index (χ3n) is 3.61. The van der Waals surface area contributed by atoms with Crippen LogP contribution >= 0.6 is 0 Å². The summed E-state index contributed by atoms with van der Waals surface area (Å²) >= 11 is 0. The molecule has 1 amide bonds. The lowest BCUT2D eigenvalue weighted by molar-refractivity contribution is 0.0954. The van der Waals surface area contributed by atoms with Gasteiger partial charge in [0.15, 0.2) is 0 Å². The van der Waals surface area contributed by atoms with E-state index in [1.165, 1.54) is 0 Å². The van der Waals surface area contributed by atoms with E-state index < -0.39 is 10.0 Å². The molecule has 0 radical (unpaired) electrons. The van der Waals surface area contributed by atoms with E-state index in [-0.39, 0.29) is 18.2 Å². The Hall–Kier alpha value is -2.81. The topological polar surface area (TPSA) is 106 Å². The van der Waals surface area contributed by atoms with E-state index in [4.69, 9.17) is 4.42 Å². The van der Waals surface area contributed by atoms with Gasteiger partial charge in [-0.25, -0.2) is 12.9 Å². The van der Waals surface area contributed by atoms with Gasteiger partial charge in [0, 0.05) is 18.9 Å². The first kappa shape index (κ1) is 17.0. The minimum absolute atomic E-state index is 0.00718. The number of hydrogen-bond acceptors (Lipinski definition) is 5. The maximum Gasteiger partial charge on any atom is 0.254 e. The lowest BCUT2D eigenvalue weighted by Gasteiger charge is -2.09. The summed E-state index contributed by atoms with van der Waals surface area (Å²) < 4.78 is 33.7. The number of nitrogens with zero attached hydrogens (tertiary/aromatic N) is 2. The number of hydrogen-bond donors (Lipinski definition) is 2. The summed E-state index contributed by atoms with van der Waals surface area (Å²) in [5.74, 6) is 0.543. The summed E-state index contributed by atoms with van der Waals surface area (Å²) in [4.78, 5) is 12.0. The van der Waals surface area contributed by atoms with Crippen molar-refractivity contribution in [2.45, 2.75) is 13.8 Å². The first-order valence-electron chi connectivity index (χ1n) is 7.63. The Morgan fingerprint density at radius 3 is 2.80 bits per heavy atom. The second-order valence-corrected chi connectivity index (χ2v) is 7.46. The summed E-state index contributed by atoms with van der Waals surface area (Å²) in [7, 11) is -3.59. The highest BCUT2D eigenvalue weighted by molar-refractivity contribution is 7.92. The normalized spacial score (nSPS) is 11.6. The molecular weight excluding hydrogens is 344 g/mol. The molecule has 8 nitrogen and oxygen atoms in total. The van der Waals surface area contributed by atoms with E-state index in [0.717, 1.165) is 5.52 Å². The number of aromatic nitrogens is 2. The molecule has 0 spiro atoms. The maximum absolute atomic E-state index is 12.2. The van der Waals surface area contributed by atoms with Crippen LogP contribution in [0, 0.1) is 13.8 Å². The van der Waals surface area contributed by atoms with Crippen molar-refractivity contribution in [1.29, 1.82) is 0 Å². The summed E-state index contributed by atoms with van der Waals surface area (Å²) in [6.45, 7) is 3.43. The summed E-state index contributed by atoms with van der Waals surface area (Å²) in [6, 6.07) is 6.69. The van der Waals surface area contributed by atoms with Crippen molar-refractivity contribution in [3.63, 3.8) is 0 Å². The van der Waals surface area contributed by atoms with E-state index in [1.807, 2.05) is 0 Å². The zero-order chi connectivity index (χ0) is 18.0. The van der Waals surface area contributed by atoms with Gasteiger partial charge in [-0.05, 0) is 38.1 Å². The zero-order valence-electron chi connectivity index (χ0n) is 13.8. The van der Waals surface area contributed by atoms with Crippen molar-refractivity contribution in [2.75, 3.05) is 17.0 Å². The molecule has 0 bridgehead atoms. The first-order chi connectivity index (χ1) is 11.8. The molecule has 3 rings (SSSR count). The number of aryl methyl sites for hydroxylation is 2. The number of fused-ring (bicyclic) bond motifs is 1. The van der Waals surface area contributed by atoms with Gasteiger partial charge in [0.05, 0.1) is 22.5 Å². The minimum Gasteiger partial charge on any atom is -0.466 e. The number of amides is 1. The third kappa shape index (κ3) is 4.00. The number of carbonyl (C=O) groups is 1. The van der Waals surface area contributed by atoms with Gasteiger partial charge in [-0.3, -0.25) is 9.52 Å². The molecule has 25 heavy (non-hydrogen) atoms. The number of nitrogens with one attached hydrogen (secondary N) is 2. The van der Waals surface area contributed by atoms with Crippen LogP contribution in [0.25, 0.3) is 5.52 Å². The average Bonchev–Trinajstić information content (AvgIpc) is 3.11. The molecule has 3 aromatic heterocycles. The first-order valence-corrected chi connectivity index (χ1v) is 9.28. The van der Waals surface area contributed by atoms with Gasteiger partial charge in [0.25, 0.3) is 5.91 Å². The van der Waals surface area contributed by atoms with Crippen LogP contribution in [0.15, 0.2) is 41.1 Å². The Bertz CT molecular complexity index is 1020. The Morgan fingerprint density at radius 2 is 2.08 bits per heavy atom. The minimum atomic E-state index is -3.59. The number of furan rings is 1. The summed E-state index contributed by atoms with van der Waals surface area (Å²) in [5, 5.41) is 6.64. The molecular formula is C16H18N4O4S. The van der Waals surface area contributed by atoms with E-state index in [9.17, 15) is 13.2 Å². The summed E-state index contributed by atoms with van der Waals surface area (Å²) in [6.07, 6.45) is 3.29. The molecule has 0 unspecified atom stereocenters. The molecule has 3 heterocycles. The van der Waals surface area contributed by atoms with Crippen LogP contribution in [0.2, 0.25) is 0 Å². The van der Waals surface area contributed by atoms with Gasteiger partial charge >= 0.3 is 0 Å². The van der Waals surface area contributed by atoms with Crippen molar-refractivity contribution in [2.24, 2.45) is 0 Å². The van der Waals surface area contributed by atoms with E-state index in [1.54, 1.807) is 55.0 Å². The third-order valence-corrected chi connectivity index (χ3v) is 4.90. The molecule has 3 aromatic rings. The number of sulfonamides is 1. The molecule has 0 atom stereocenters. The fraction of sp³-hybridized carbons (Fsp3) is 0.250. The Kier molecular flexibility index (Phi) is 4.49. The highest BCUT2D eigenvalue weighted by Crippen LogP contribution is 2.14. The predicted octanol–water partition coefficient (Wildman–Crippen LogP) is 1.72. The van der Waals surface area contributed by atoms with Gasteiger partial charge in [0.1, 0.15) is 11.5 Å². The van der Waals surface area contributed by atoms with Crippen LogP contribution in [-0.4, -0.2) is 36.2 Å². The van der Waals surface area contributed by atoms with Crippen LogP contribution in [0.4, 0.5) is 5.69 Å². The predicted molar refractivity (Wildman–Crippen MR) is 93.1 cm³/mol. The quantitative estimate of drug-likeness (QED) is 0.694. The molecule has 0 saturated carbocycles. The van der Waals surface area contributed by atoms with Crippen molar-refractivity contribution in [1.82, 2.24) is 14.9 Å². The number of rotatable bonds is 6. The second kappa shape index (κ2) is 6.60.